The Morgan fingerprint density at radius 1 is 1.52 bits per heavy atom. The fourth-order valence-electron chi connectivity index (χ4n) is 1.88. The van der Waals surface area contributed by atoms with E-state index in [4.69, 9.17) is 5.73 Å². The molecule has 0 atom stereocenters. The van der Waals surface area contributed by atoms with Crippen molar-refractivity contribution in [3.8, 4) is 0 Å². The minimum Gasteiger partial charge on any atom is -0.465 e. The number of rotatable bonds is 6. The SMILES string of the molecule is COC(=O)c1sc(NCC(F)(F)C(F)F)c(C2CC2)c1N. The van der Waals surface area contributed by atoms with Crippen molar-refractivity contribution in [3.05, 3.63) is 10.4 Å². The lowest BCUT2D eigenvalue weighted by atomic mass is 10.1. The molecule has 0 spiro atoms. The van der Waals surface area contributed by atoms with E-state index >= 15 is 0 Å². The number of carbonyl (C=O) groups excluding carboxylic acids is 1. The molecule has 0 unspecified atom stereocenters. The maximum atomic E-state index is 13.0. The van der Waals surface area contributed by atoms with Gasteiger partial charge in [-0.3, -0.25) is 0 Å². The number of nitrogens with two attached hydrogens (primary N) is 1. The Bertz CT molecular complexity index is 544. The predicted octanol–water partition coefficient (Wildman–Crippen LogP) is 3.31. The van der Waals surface area contributed by atoms with Gasteiger partial charge in [-0.15, -0.1) is 11.3 Å². The molecule has 0 amide bonds. The summed E-state index contributed by atoms with van der Waals surface area (Å²) in [7, 11) is 1.18. The van der Waals surface area contributed by atoms with Gasteiger partial charge in [-0.1, -0.05) is 0 Å². The van der Waals surface area contributed by atoms with Crippen molar-refractivity contribution < 1.29 is 27.1 Å². The van der Waals surface area contributed by atoms with E-state index in [2.05, 4.69) is 10.1 Å². The van der Waals surface area contributed by atoms with Gasteiger partial charge in [0.05, 0.1) is 24.3 Å². The van der Waals surface area contributed by atoms with Crippen molar-refractivity contribution in [2.45, 2.75) is 31.1 Å². The van der Waals surface area contributed by atoms with Gasteiger partial charge in [0.25, 0.3) is 0 Å². The third-order valence-electron chi connectivity index (χ3n) is 3.14. The fourth-order valence-corrected chi connectivity index (χ4v) is 3.01. The number of alkyl halides is 4. The third-order valence-corrected chi connectivity index (χ3v) is 4.30. The van der Waals surface area contributed by atoms with E-state index in [9.17, 15) is 22.4 Å². The van der Waals surface area contributed by atoms with Gasteiger partial charge in [0, 0.05) is 5.56 Å². The van der Waals surface area contributed by atoms with Crippen LogP contribution in [0.5, 0.6) is 0 Å². The summed E-state index contributed by atoms with van der Waals surface area (Å²) in [5.74, 6) is -4.75. The topological polar surface area (TPSA) is 64.3 Å². The Hall–Kier alpha value is -1.51. The van der Waals surface area contributed by atoms with E-state index in [1.807, 2.05) is 0 Å². The molecule has 1 aliphatic carbocycles. The largest absolute Gasteiger partial charge is 0.465 e. The first-order valence-electron chi connectivity index (χ1n) is 6.18. The first kappa shape index (κ1) is 15.9. The lowest BCUT2D eigenvalue weighted by molar-refractivity contribution is -0.117. The normalized spacial score (nSPS) is 15.3. The van der Waals surface area contributed by atoms with Crippen LogP contribution in [0, 0.1) is 0 Å². The van der Waals surface area contributed by atoms with Crippen LogP contribution in [0.25, 0.3) is 0 Å². The van der Waals surface area contributed by atoms with Crippen molar-refractivity contribution in [1.82, 2.24) is 0 Å². The molecule has 0 saturated heterocycles. The van der Waals surface area contributed by atoms with Gasteiger partial charge in [-0.25, -0.2) is 13.6 Å². The number of methoxy groups -OCH3 is 1. The molecule has 0 radical (unpaired) electrons. The maximum absolute atomic E-state index is 13.0. The fraction of sp³-hybridized carbons (Fsp3) is 0.583. The van der Waals surface area contributed by atoms with Crippen molar-refractivity contribution >= 4 is 28.0 Å². The second-order valence-corrected chi connectivity index (χ2v) is 5.79. The monoisotopic (exact) mass is 326 g/mol. The van der Waals surface area contributed by atoms with Gasteiger partial charge in [0.2, 0.25) is 0 Å². The Morgan fingerprint density at radius 2 is 2.14 bits per heavy atom. The number of ether oxygens (including phenoxy) is 1. The molecular formula is C12H14F4N2O2S. The first-order valence-corrected chi connectivity index (χ1v) is 7.00. The van der Waals surface area contributed by atoms with Crippen LogP contribution in [-0.4, -0.2) is 32.0 Å². The Labute approximate surface area is 122 Å². The van der Waals surface area contributed by atoms with Crippen LogP contribution in [0.1, 0.15) is 34.0 Å². The summed E-state index contributed by atoms with van der Waals surface area (Å²) in [5, 5.41) is 2.53. The second kappa shape index (κ2) is 5.70. The van der Waals surface area contributed by atoms with Gasteiger partial charge in [-0.2, -0.15) is 8.78 Å². The molecule has 1 heterocycles. The zero-order chi connectivity index (χ0) is 15.8. The number of carbonyl (C=O) groups is 1. The minimum absolute atomic E-state index is 0.0716. The maximum Gasteiger partial charge on any atom is 0.350 e. The zero-order valence-electron chi connectivity index (χ0n) is 11.1. The average molecular weight is 326 g/mol. The average Bonchev–Trinajstić information content (AvgIpc) is 3.20. The standard InChI is InChI=1S/C12H14F4N2O2S/c1-20-10(19)8-7(17)6(5-2-3-5)9(21-8)18-4-12(15,16)11(13)14/h5,11,18H,2-4,17H2,1H3. The number of thiophene rings is 1. The van der Waals surface area contributed by atoms with Crippen LogP contribution in [0.3, 0.4) is 0 Å². The third kappa shape index (κ3) is 3.22. The summed E-state index contributed by atoms with van der Waals surface area (Å²) >= 11 is 0.851. The van der Waals surface area contributed by atoms with Crippen LogP contribution in [0.15, 0.2) is 0 Å². The number of hydrogen-bond acceptors (Lipinski definition) is 5. The number of halogens is 4. The van der Waals surface area contributed by atoms with E-state index in [1.165, 1.54) is 7.11 Å². The summed E-state index contributed by atoms with van der Waals surface area (Å²) in [6.45, 7) is -1.22. The van der Waals surface area contributed by atoms with E-state index in [0.717, 1.165) is 24.2 Å². The highest BCUT2D eigenvalue weighted by Crippen LogP contribution is 2.51. The highest BCUT2D eigenvalue weighted by molar-refractivity contribution is 7.18. The summed E-state index contributed by atoms with van der Waals surface area (Å²) in [4.78, 5) is 11.7. The van der Waals surface area contributed by atoms with Gasteiger partial charge in [0.1, 0.15) is 4.88 Å². The van der Waals surface area contributed by atoms with Crippen LogP contribution < -0.4 is 11.1 Å². The van der Waals surface area contributed by atoms with Crippen LogP contribution in [0.4, 0.5) is 28.3 Å². The number of anilines is 2. The summed E-state index contributed by atoms with van der Waals surface area (Å²) in [6, 6.07) is 0. The van der Waals surface area contributed by atoms with Crippen LogP contribution in [0.2, 0.25) is 0 Å². The lowest BCUT2D eigenvalue weighted by Gasteiger charge is -2.16. The Kier molecular flexibility index (Phi) is 4.31. The summed E-state index contributed by atoms with van der Waals surface area (Å²) in [6.07, 6.45) is -2.12. The smallest absolute Gasteiger partial charge is 0.350 e. The number of hydrogen-bond donors (Lipinski definition) is 2. The van der Waals surface area contributed by atoms with Gasteiger partial charge in [0.15, 0.2) is 0 Å². The van der Waals surface area contributed by atoms with Crippen molar-refractivity contribution in [2.24, 2.45) is 0 Å². The molecule has 3 N–H and O–H groups in total. The molecule has 0 aromatic carbocycles. The molecular weight excluding hydrogens is 312 g/mol. The molecule has 21 heavy (non-hydrogen) atoms. The molecule has 118 valence electrons. The number of nitrogens with one attached hydrogen (secondary N) is 1. The van der Waals surface area contributed by atoms with Crippen LogP contribution in [-0.2, 0) is 4.74 Å². The summed E-state index contributed by atoms with van der Waals surface area (Å²) in [5.41, 5.74) is 6.58. The highest BCUT2D eigenvalue weighted by Gasteiger charge is 2.41. The van der Waals surface area contributed by atoms with E-state index in [0.29, 0.717) is 5.56 Å². The molecule has 2 rings (SSSR count). The number of esters is 1. The van der Waals surface area contributed by atoms with Crippen molar-refractivity contribution in [3.63, 3.8) is 0 Å². The molecule has 0 bridgehead atoms. The second-order valence-electron chi connectivity index (χ2n) is 4.77. The van der Waals surface area contributed by atoms with Crippen molar-refractivity contribution in [1.29, 1.82) is 0 Å². The Balaban J connectivity index is 2.24. The van der Waals surface area contributed by atoms with Gasteiger partial charge < -0.3 is 15.8 Å². The molecule has 1 aromatic heterocycles. The van der Waals surface area contributed by atoms with E-state index < -0.39 is 24.9 Å². The highest BCUT2D eigenvalue weighted by atomic mass is 32.1. The minimum atomic E-state index is -4.15. The summed E-state index contributed by atoms with van der Waals surface area (Å²) < 4.78 is 54.9. The molecule has 1 aromatic rings. The van der Waals surface area contributed by atoms with Crippen molar-refractivity contribution in [2.75, 3.05) is 24.7 Å². The van der Waals surface area contributed by atoms with Gasteiger partial charge >= 0.3 is 18.3 Å². The first-order chi connectivity index (χ1) is 9.77. The molecule has 0 aliphatic heterocycles. The quantitative estimate of drug-likeness (QED) is 0.622. The zero-order valence-corrected chi connectivity index (χ0v) is 11.9. The Morgan fingerprint density at radius 3 is 2.62 bits per heavy atom. The molecule has 1 saturated carbocycles. The predicted molar refractivity (Wildman–Crippen MR) is 71.5 cm³/mol. The molecule has 1 aliphatic rings. The molecule has 4 nitrogen and oxygen atoms in total. The van der Waals surface area contributed by atoms with E-state index in [-0.39, 0.29) is 21.5 Å². The van der Waals surface area contributed by atoms with Crippen LogP contribution >= 0.6 is 11.3 Å². The molecule has 9 heteroatoms. The van der Waals surface area contributed by atoms with E-state index in [1.54, 1.807) is 0 Å². The number of nitrogen functional groups attached to an aromatic ring is 1. The van der Waals surface area contributed by atoms with Gasteiger partial charge in [-0.05, 0) is 18.8 Å². The molecule has 1 fully saturated rings. The lowest BCUT2D eigenvalue weighted by Crippen LogP contribution is -2.34.